The lowest BCUT2D eigenvalue weighted by Gasteiger charge is -2.19. The van der Waals surface area contributed by atoms with Gasteiger partial charge >= 0.3 is 0 Å². The Labute approximate surface area is 135 Å². The summed E-state index contributed by atoms with van der Waals surface area (Å²) in [5.41, 5.74) is 2.66. The van der Waals surface area contributed by atoms with Crippen LogP contribution in [0.4, 0.5) is 5.82 Å². The van der Waals surface area contributed by atoms with Gasteiger partial charge in [0.15, 0.2) is 5.76 Å². The molecule has 0 atom stereocenters. The van der Waals surface area contributed by atoms with Crippen molar-refractivity contribution in [2.75, 3.05) is 11.9 Å². The molecular formula is C17H19N5O. The first-order chi connectivity index (χ1) is 11.2. The SMILES string of the molecule is CCc1cnc(C)nc1N(C)Cc1cc(-c2ccccn2)no1. The second-order valence-electron chi connectivity index (χ2n) is 5.37. The molecule has 3 aromatic rings. The van der Waals surface area contributed by atoms with Crippen LogP contribution in [0.3, 0.4) is 0 Å². The smallest absolute Gasteiger partial charge is 0.156 e. The van der Waals surface area contributed by atoms with Gasteiger partial charge in [0.25, 0.3) is 0 Å². The van der Waals surface area contributed by atoms with E-state index in [1.165, 1.54) is 0 Å². The molecule has 6 nitrogen and oxygen atoms in total. The average Bonchev–Trinajstić information content (AvgIpc) is 3.04. The van der Waals surface area contributed by atoms with Gasteiger partial charge in [-0.15, -0.1) is 0 Å². The van der Waals surface area contributed by atoms with Gasteiger partial charge in [0, 0.05) is 31.1 Å². The molecular weight excluding hydrogens is 290 g/mol. The van der Waals surface area contributed by atoms with Crippen molar-refractivity contribution in [3.8, 4) is 11.4 Å². The molecule has 0 unspecified atom stereocenters. The van der Waals surface area contributed by atoms with Gasteiger partial charge in [-0.2, -0.15) is 0 Å². The lowest BCUT2D eigenvalue weighted by Crippen LogP contribution is -2.19. The standard InChI is InChI=1S/C17H19N5O/c1-4-13-10-19-12(2)20-17(13)22(3)11-14-9-16(21-23-14)15-7-5-6-8-18-15/h5-10H,4,11H2,1-3H3. The van der Waals surface area contributed by atoms with Crippen molar-refractivity contribution < 1.29 is 4.52 Å². The minimum Gasteiger partial charge on any atom is -0.359 e. The molecule has 0 saturated carbocycles. The fourth-order valence-electron chi connectivity index (χ4n) is 2.39. The van der Waals surface area contributed by atoms with Gasteiger partial charge in [0.2, 0.25) is 0 Å². The summed E-state index contributed by atoms with van der Waals surface area (Å²) in [5, 5.41) is 4.10. The third-order valence-corrected chi connectivity index (χ3v) is 3.58. The van der Waals surface area contributed by atoms with Crippen LogP contribution in [0, 0.1) is 6.92 Å². The Morgan fingerprint density at radius 1 is 1.17 bits per heavy atom. The van der Waals surface area contributed by atoms with Gasteiger partial charge in [-0.1, -0.05) is 18.1 Å². The topological polar surface area (TPSA) is 67.9 Å². The molecule has 0 aliphatic carbocycles. The number of nitrogens with zero attached hydrogens (tertiary/aromatic N) is 5. The fourth-order valence-corrected chi connectivity index (χ4v) is 2.39. The molecule has 3 aromatic heterocycles. The highest BCUT2D eigenvalue weighted by molar-refractivity contribution is 5.53. The van der Waals surface area contributed by atoms with Crippen LogP contribution in [0.2, 0.25) is 0 Å². The molecule has 3 heterocycles. The highest BCUT2D eigenvalue weighted by atomic mass is 16.5. The molecule has 0 saturated heterocycles. The quantitative estimate of drug-likeness (QED) is 0.721. The minimum atomic E-state index is 0.587. The summed E-state index contributed by atoms with van der Waals surface area (Å²) in [6.07, 6.45) is 4.51. The van der Waals surface area contributed by atoms with Crippen molar-refractivity contribution in [1.29, 1.82) is 0 Å². The molecule has 0 bridgehead atoms. The van der Waals surface area contributed by atoms with Crippen LogP contribution >= 0.6 is 0 Å². The highest BCUT2D eigenvalue weighted by Crippen LogP contribution is 2.21. The van der Waals surface area contributed by atoms with Crippen LogP contribution in [0.5, 0.6) is 0 Å². The Morgan fingerprint density at radius 2 is 2.04 bits per heavy atom. The summed E-state index contributed by atoms with van der Waals surface area (Å²) < 4.78 is 5.44. The van der Waals surface area contributed by atoms with Crippen LogP contribution in [0.1, 0.15) is 24.1 Å². The summed E-state index contributed by atoms with van der Waals surface area (Å²) in [4.78, 5) is 15.1. The van der Waals surface area contributed by atoms with Crippen molar-refractivity contribution >= 4 is 5.82 Å². The molecule has 0 spiro atoms. The van der Waals surface area contributed by atoms with Gasteiger partial charge in [0.1, 0.15) is 17.3 Å². The van der Waals surface area contributed by atoms with Gasteiger partial charge in [-0.25, -0.2) is 9.97 Å². The van der Waals surface area contributed by atoms with Gasteiger partial charge in [-0.05, 0) is 25.5 Å². The molecule has 6 heteroatoms. The van der Waals surface area contributed by atoms with E-state index in [4.69, 9.17) is 4.52 Å². The van der Waals surface area contributed by atoms with Crippen molar-refractivity contribution in [2.24, 2.45) is 0 Å². The van der Waals surface area contributed by atoms with Crippen LogP contribution in [0.25, 0.3) is 11.4 Å². The molecule has 0 aliphatic heterocycles. The van der Waals surface area contributed by atoms with Gasteiger partial charge in [-0.3, -0.25) is 4.98 Å². The molecule has 0 fully saturated rings. The predicted molar refractivity (Wildman–Crippen MR) is 88.0 cm³/mol. The Balaban J connectivity index is 1.80. The predicted octanol–water partition coefficient (Wildman–Crippen LogP) is 3.03. The first-order valence-electron chi connectivity index (χ1n) is 7.58. The van der Waals surface area contributed by atoms with E-state index < -0.39 is 0 Å². The van der Waals surface area contributed by atoms with E-state index in [-0.39, 0.29) is 0 Å². The van der Waals surface area contributed by atoms with Crippen molar-refractivity contribution in [3.63, 3.8) is 0 Å². The largest absolute Gasteiger partial charge is 0.359 e. The zero-order valence-electron chi connectivity index (χ0n) is 13.5. The number of anilines is 1. The third-order valence-electron chi connectivity index (χ3n) is 3.58. The monoisotopic (exact) mass is 309 g/mol. The van der Waals surface area contributed by atoms with Crippen molar-refractivity contribution in [2.45, 2.75) is 26.8 Å². The highest BCUT2D eigenvalue weighted by Gasteiger charge is 2.13. The molecule has 0 amide bonds. The third kappa shape index (κ3) is 3.36. The van der Waals surface area contributed by atoms with E-state index in [1.807, 2.05) is 44.4 Å². The summed E-state index contributed by atoms with van der Waals surface area (Å²) in [5.74, 6) is 2.46. The van der Waals surface area contributed by atoms with Crippen LogP contribution in [-0.4, -0.2) is 27.2 Å². The number of hydrogen-bond donors (Lipinski definition) is 0. The molecule has 23 heavy (non-hydrogen) atoms. The maximum absolute atomic E-state index is 5.44. The Hall–Kier alpha value is -2.76. The zero-order chi connectivity index (χ0) is 16.2. The van der Waals surface area contributed by atoms with E-state index in [9.17, 15) is 0 Å². The van der Waals surface area contributed by atoms with Crippen LogP contribution < -0.4 is 4.90 Å². The van der Waals surface area contributed by atoms with E-state index in [1.54, 1.807) is 6.20 Å². The van der Waals surface area contributed by atoms with E-state index >= 15 is 0 Å². The lowest BCUT2D eigenvalue weighted by molar-refractivity contribution is 0.384. The number of aromatic nitrogens is 4. The number of hydrogen-bond acceptors (Lipinski definition) is 6. The normalized spacial score (nSPS) is 10.7. The maximum atomic E-state index is 5.44. The molecule has 118 valence electrons. The Morgan fingerprint density at radius 3 is 2.78 bits per heavy atom. The molecule has 3 rings (SSSR count). The van der Waals surface area contributed by atoms with Crippen LogP contribution in [0.15, 0.2) is 41.2 Å². The molecule has 0 N–H and O–H groups in total. The van der Waals surface area contributed by atoms with E-state index in [0.717, 1.165) is 40.8 Å². The minimum absolute atomic E-state index is 0.587. The molecule has 0 radical (unpaired) electrons. The second-order valence-corrected chi connectivity index (χ2v) is 5.37. The van der Waals surface area contributed by atoms with E-state index in [2.05, 4.69) is 31.9 Å². The molecule has 0 aliphatic rings. The number of rotatable bonds is 5. The van der Waals surface area contributed by atoms with Crippen molar-refractivity contribution in [3.05, 3.63) is 53.8 Å². The lowest BCUT2D eigenvalue weighted by atomic mass is 10.2. The first kappa shape index (κ1) is 15.1. The summed E-state index contributed by atoms with van der Waals surface area (Å²) >= 11 is 0. The maximum Gasteiger partial charge on any atom is 0.156 e. The van der Waals surface area contributed by atoms with Gasteiger partial charge in [0.05, 0.1) is 12.2 Å². The fraction of sp³-hybridized carbons (Fsp3) is 0.294. The van der Waals surface area contributed by atoms with Crippen LogP contribution in [-0.2, 0) is 13.0 Å². The van der Waals surface area contributed by atoms with Crippen molar-refractivity contribution in [1.82, 2.24) is 20.1 Å². The van der Waals surface area contributed by atoms with E-state index in [0.29, 0.717) is 6.54 Å². The summed E-state index contributed by atoms with van der Waals surface area (Å²) in [6.45, 7) is 4.58. The Kier molecular flexibility index (Phi) is 4.32. The number of aryl methyl sites for hydroxylation is 2. The zero-order valence-corrected chi connectivity index (χ0v) is 13.5. The molecule has 0 aromatic carbocycles. The number of pyridine rings is 1. The summed E-state index contributed by atoms with van der Waals surface area (Å²) in [7, 11) is 1.99. The van der Waals surface area contributed by atoms with Gasteiger partial charge < -0.3 is 9.42 Å². The first-order valence-corrected chi connectivity index (χ1v) is 7.58. The second kappa shape index (κ2) is 6.56. The average molecular weight is 309 g/mol. The Bertz CT molecular complexity index is 785. The summed E-state index contributed by atoms with van der Waals surface area (Å²) in [6, 6.07) is 7.63.